The zero-order chi connectivity index (χ0) is 16.1. The topological polar surface area (TPSA) is 66.9 Å². The van der Waals surface area contributed by atoms with Crippen molar-refractivity contribution in [3.05, 3.63) is 42.0 Å². The van der Waals surface area contributed by atoms with Crippen molar-refractivity contribution in [2.75, 3.05) is 14.1 Å². The summed E-state index contributed by atoms with van der Waals surface area (Å²) in [6.45, 7) is 1.83. The quantitative estimate of drug-likeness (QED) is 0.456. The van der Waals surface area contributed by atoms with Crippen molar-refractivity contribution in [3.8, 4) is 5.75 Å². The van der Waals surface area contributed by atoms with Crippen molar-refractivity contribution in [1.29, 1.82) is 0 Å². The fourth-order valence-corrected chi connectivity index (χ4v) is 3.02. The number of amides is 2. The number of esters is 1. The predicted octanol–water partition coefficient (Wildman–Crippen LogP) is 0.676. The van der Waals surface area contributed by atoms with Crippen LogP contribution in [0.5, 0.6) is 5.75 Å². The summed E-state index contributed by atoms with van der Waals surface area (Å²) < 4.78 is 5.36. The van der Waals surface area contributed by atoms with Crippen molar-refractivity contribution in [3.63, 3.8) is 0 Å². The molecule has 2 atom stereocenters. The van der Waals surface area contributed by atoms with Crippen LogP contribution in [0.25, 0.3) is 0 Å². The number of hydrogen-bond acceptors (Lipinski definition) is 5. The molecule has 0 spiro atoms. The Morgan fingerprint density at radius 2 is 1.68 bits per heavy atom. The molecule has 0 radical (unpaired) electrons. The maximum absolute atomic E-state index is 12.5. The highest BCUT2D eigenvalue weighted by Gasteiger charge is 2.54. The van der Waals surface area contributed by atoms with Crippen LogP contribution < -0.4 is 4.74 Å². The van der Waals surface area contributed by atoms with Crippen LogP contribution in [-0.4, -0.2) is 47.7 Å². The summed E-state index contributed by atoms with van der Waals surface area (Å²) >= 11 is 0. The lowest BCUT2D eigenvalue weighted by Crippen LogP contribution is -2.64. The number of fused-ring (bicyclic) bond motifs is 1. The van der Waals surface area contributed by atoms with Gasteiger partial charge in [0, 0.05) is 17.7 Å². The first-order valence-corrected chi connectivity index (χ1v) is 6.91. The third-order valence-corrected chi connectivity index (χ3v) is 4.43. The van der Waals surface area contributed by atoms with Gasteiger partial charge in [0.15, 0.2) is 6.04 Å². The zero-order valence-electron chi connectivity index (χ0n) is 12.6. The lowest BCUT2D eigenvalue weighted by atomic mass is 9.80. The molecule has 22 heavy (non-hydrogen) atoms. The molecule has 0 saturated heterocycles. The molecule has 0 saturated carbocycles. The molecule has 0 N–H and O–H groups in total. The number of nitrogens with zero attached hydrogens (tertiary/aromatic N) is 2. The van der Waals surface area contributed by atoms with E-state index >= 15 is 0 Å². The Balaban J connectivity index is 2.19. The number of likely N-dealkylation sites (N-methyl/N-ethyl adjacent to an activating group) is 1. The number of imide groups is 1. The van der Waals surface area contributed by atoms with Gasteiger partial charge < -0.3 is 4.74 Å². The molecular weight excluding hydrogens is 284 g/mol. The highest BCUT2D eigenvalue weighted by Crippen LogP contribution is 2.43. The Morgan fingerprint density at radius 3 is 2.27 bits per heavy atom. The van der Waals surface area contributed by atoms with Gasteiger partial charge in [0.25, 0.3) is 11.8 Å². The Bertz CT molecular complexity index is 692. The lowest BCUT2D eigenvalue weighted by Gasteiger charge is -2.47. The van der Waals surface area contributed by atoms with Crippen molar-refractivity contribution >= 4 is 17.8 Å². The minimum atomic E-state index is -1.03. The van der Waals surface area contributed by atoms with E-state index in [1.165, 1.54) is 12.2 Å². The van der Waals surface area contributed by atoms with Crippen LogP contribution in [0, 0.1) is 0 Å². The summed E-state index contributed by atoms with van der Waals surface area (Å²) in [5.74, 6) is -1.16. The van der Waals surface area contributed by atoms with Crippen LogP contribution in [0.15, 0.2) is 36.4 Å². The third-order valence-electron chi connectivity index (χ3n) is 4.43. The van der Waals surface area contributed by atoms with Gasteiger partial charge in [-0.3, -0.25) is 19.4 Å². The minimum Gasteiger partial charge on any atom is -0.425 e. The largest absolute Gasteiger partial charge is 0.425 e. The first-order valence-electron chi connectivity index (χ1n) is 6.91. The second-order valence-corrected chi connectivity index (χ2v) is 5.74. The van der Waals surface area contributed by atoms with Crippen LogP contribution >= 0.6 is 0 Å². The van der Waals surface area contributed by atoms with Gasteiger partial charge >= 0.3 is 5.97 Å². The molecule has 0 bridgehead atoms. The zero-order valence-corrected chi connectivity index (χ0v) is 12.6. The summed E-state index contributed by atoms with van der Waals surface area (Å²) in [5, 5.41) is 0. The van der Waals surface area contributed by atoms with Crippen molar-refractivity contribution in [2.45, 2.75) is 18.5 Å². The Kier molecular flexibility index (Phi) is 3.14. The smallest absolute Gasteiger partial charge is 0.337 e. The first kappa shape index (κ1) is 14.5. The molecule has 0 aromatic heterocycles. The number of hydrogen-bond donors (Lipinski definition) is 0. The summed E-state index contributed by atoms with van der Waals surface area (Å²) in [7, 11) is 3.61. The molecule has 2 aliphatic heterocycles. The molecule has 3 rings (SSSR count). The average molecular weight is 300 g/mol. The Hall–Kier alpha value is -2.47. The van der Waals surface area contributed by atoms with E-state index in [-0.39, 0.29) is 0 Å². The van der Waals surface area contributed by atoms with Gasteiger partial charge in [-0.25, -0.2) is 4.79 Å². The van der Waals surface area contributed by atoms with Crippen LogP contribution in [0.3, 0.4) is 0 Å². The highest BCUT2D eigenvalue weighted by molar-refractivity contribution is 6.15. The van der Waals surface area contributed by atoms with Gasteiger partial charge in [0.2, 0.25) is 0 Å². The number of ether oxygens (including phenoxy) is 1. The maximum Gasteiger partial charge on any atom is 0.337 e. The van der Waals surface area contributed by atoms with Gasteiger partial charge in [0.05, 0.1) is 5.54 Å². The van der Waals surface area contributed by atoms with Gasteiger partial charge in [0.1, 0.15) is 5.75 Å². The number of para-hydroxylation sites is 1. The van der Waals surface area contributed by atoms with Crippen molar-refractivity contribution in [2.24, 2.45) is 0 Å². The minimum absolute atomic E-state index is 0.451. The predicted molar refractivity (Wildman–Crippen MR) is 77.9 cm³/mol. The van der Waals surface area contributed by atoms with Gasteiger partial charge in [-0.15, -0.1) is 0 Å². The first-order chi connectivity index (χ1) is 10.4. The molecule has 2 amide bonds. The fraction of sp³-hybridized carbons (Fsp3) is 0.312. The molecule has 0 fully saturated rings. The molecule has 114 valence electrons. The molecule has 2 unspecified atom stereocenters. The van der Waals surface area contributed by atoms with E-state index in [1.54, 1.807) is 26.2 Å². The SMILES string of the molecule is CN(C)C1(C)c2ccccc2OC(=O)C1N1C(=O)C=CC1=O. The van der Waals surface area contributed by atoms with E-state index in [9.17, 15) is 14.4 Å². The van der Waals surface area contributed by atoms with E-state index in [4.69, 9.17) is 4.74 Å². The van der Waals surface area contributed by atoms with Gasteiger partial charge in [-0.1, -0.05) is 18.2 Å². The van der Waals surface area contributed by atoms with Gasteiger partial charge in [-0.2, -0.15) is 0 Å². The van der Waals surface area contributed by atoms with Crippen LogP contribution in [-0.2, 0) is 19.9 Å². The molecule has 0 aliphatic carbocycles. The third kappa shape index (κ3) is 1.80. The van der Waals surface area contributed by atoms with Gasteiger partial charge in [-0.05, 0) is 27.1 Å². The second-order valence-electron chi connectivity index (χ2n) is 5.74. The van der Waals surface area contributed by atoms with Crippen molar-refractivity contribution in [1.82, 2.24) is 9.80 Å². The molecule has 1 aromatic carbocycles. The number of carbonyl (C=O) groups excluding carboxylic acids is 3. The second kappa shape index (κ2) is 4.78. The van der Waals surface area contributed by atoms with E-state index in [0.717, 1.165) is 10.5 Å². The van der Waals surface area contributed by atoms with Crippen LogP contribution in [0.2, 0.25) is 0 Å². The van der Waals surface area contributed by atoms with Crippen LogP contribution in [0.1, 0.15) is 12.5 Å². The molecular formula is C16H16N2O4. The number of benzene rings is 1. The maximum atomic E-state index is 12.5. The summed E-state index contributed by atoms with van der Waals surface area (Å²) in [4.78, 5) is 39.4. The molecule has 6 nitrogen and oxygen atoms in total. The van der Waals surface area contributed by atoms with Crippen molar-refractivity contribution < 1.29 is 19.1 Å². The lowest BCUT2D eigenvalue weighted by molar-refractivity contribution is -0.160. The highest BCUT2D eigenvalue weighted by atomic mass is 16.5. The molecule has 6 heteroatoms. The Labute approximate surface area is 127 Å². The van der Waals surface area contributed by atoms with E-state index in [2.05, 4.69) is 0 Å². The number of rotatable bonds is 2. The number of carbonyl (C=O) groups is 3. The van der Waals surface area contributed by atoms with E-state index in [0.29, 0.717) is 5.75 Å². The van der Waals surface area contributed by atoms with E-state index < -0.39 is 29.4 Å². The summed E-state index contributed by atoms with van der Waals surface area (Å²) in [5.41, 5.74) is -0.111. The monoisotopic (exact) mass is 300 g/mol. The van der Waals surface area contributed by atoms with E-state index in [1.807, 2.05) is 24.0 Å². The average Bonchev–Trinajstić information content (AvgIpc) is 2.79. The fourth-order valence-electron chi connectivity index (χ4n) is 3.02. The normalized spacial score (nSPS) is 27.4. The van der Waals surface area contributed by atoms with Crippen LogP contribution in [0.4, 0.5) is 0 Å². The summed E-state index contributed by atoms with van der Waals surface area (Å²) in [6, 6.07) is 6.12. The molecule has 2 heterocycles. The standard InChI is InChI=1S/C16H16N2O4/c1-16(17(2)3)10-6-4-5-7-11(10)22-15(21)14(16)18-12(19)8-9-13(18)20/h4-9,14H,1-3H3. The molecule has 1 aromatic rings. The Morgan fingerprint density at radius 1 is 1.09 bits per heavy atom. The summed E-state index contributed by atoms with van der Waals surface area (Å²) in [6.07, 6.45) is 2.35. The molecule has 2 aliphatic rings.